The van der Waals surface area contributed by atoms with E-state index >= 15 is 0 Å². The fraction of sp³-hybridized carbons (Fsp3) is 0.917. The second-order valence-electron chi connectivity index (χ2n) is 4.94. The third kappa shape index (κ3) is 1.94. The topological polar surface area (TPSA) is 37.3 Å². The quantitative estimate of drug-likeness (QED) is 0.689. The molecule has 2 aliphatic rings. The van der Waals surface area contributed by atoms with Crippen LogP contribution >= 0.6 is 0 Å². The molecule has 0 aromatic carbocycles. The van der Waals surface area contributed by atoms with Crippen LogP contribution in [0.1, 0.15) is 51.4 Å². The Morgan fingerprint density at radius 2 is 1.64 bits per heavy atom. The largest absolute Gasteiger partial charge is 0.481 e. The maximum atomic E-state index is 11.2. The second-order valence-corrected chi connectivity index (χ2v) is 4.94. The molecule has 0 aromatic heterocycles. The summed E-state index contributed by atoms with van der Waals surface area (Å²) in [6.45, 7) is 0. The molecule has 0 aromatic rings. The lowest BCUT2D eigenvalue weighted by Crippen LogP contribution is -2.32. The second kappa shape index (κ2) is 4.33. The molecule has 0 aliphatic heterocycles. The number of hydrogen-bond donors (Lipinski definition) is 1. The SMILES string of the molecule is O=C(O)C1CCCCCC1C1CCC1. The molecular weight excluding hydrogens is 176 g/mol. The first kappa shape index (κ1) is 10.0. The Balaban J connectivity index is 2.02. The molecular formula is C12H20O2. The van der Waals surface area contributed by atoms with Crippen molar-refractivity contribution in [2.24, 2.45) is 17.8 Å². The molecule has 2 rings (SSSR count). The van der Waals surface area contributed by atoms with Crippen LogP contribution in [0.15, 0.2) is 0 Å². The fourth-order valence-electron chi connectivity index (χ4n) is 3.08. The molecule has 2 aliphatic carbocycles. The maximum absolute atomic E-state index is 11.2. The van der Waals surface area contributed by atoms with Crippen molar-refractivity contribution >= 4 is 5.97 Å². The van der Waals surface area contributed by atoms with Crippen molar-refractivity contribution in [1.82, 2.24) is 0 Å². The number of carboxylic acids is 1. The number of carboxylic acid groups (broad SMARTS) is 1. The van der Waals surface area contributed by atoms with Gasteiger partial charge >= 0.3 is 5.97 Å². The van der Waals surface area contributed by atoms with E-state index in [4.69, 9.17) is 0 Å². The Kier molecular flexibility index (Phi) is 3.09. The Morgan fingerprint density at radius 1 is 0.929 bits per heavy atom. The Bertz CT molecular complexity index is 208. The van der Waals surface area contributed by atoms with E-state index in [0.29, 0.717) is 5.92 Å². The van der Waals surface area contributed by atoms with Crippen LogP contribution < -0.4 is 0 Å². The van der Waals surface area contributed by atoms with Crippen LogP contribution in [0.5, 0.6) is 0 Å². The van der Waals surface area contributed by atoms with E-state index < -0.39 is 5.97 Å². The summed E-state index contributed by atoms with van der Waals surface area (Å²) in [5.74, 6) is 0.685. The van der Waals surface area contributed by atoms with Gasteiger partial charge < -0.3 is 5.11 Å². The molecule has 0 saturated heterocycles. The first-order valence-electron chi connectivity index (χ1n) is 6.02. The van der Waals surface area contributed by atoms with Gasteiger partial charge in [0.2, 0.25) is 0 Å². The average Bonchev–Trinajstić information content (AvgIpc) is 2.26. The van der Waals surface area contributed by atoms with Gasteiger partial charge in [0.05, 0.1) is 5.92 Å². The summed E-state index contributed by atoms with van der Waals surface area (Å²) in [6, 6.07) is 0. The highest BCUT2D eigenvalue weighted by Gasteiger charge is 2.37. The Morgan fingerprint density at radius 3 is 2.21 bits per heavy atom. The summed E-state index contributed by atoms with van der Waals surface area (Å²) in [4.78, 5) is 11.2. The van der Waals surface area contributed by atoms with Crippen LogP contribution in [0, 0.1) is 17.8 Å². The maximum Gasteiger partial charge on any atom is 0.306 e. The van der Waals surface area contributed by atoms with Gasteiger partial charge in [-0.1, -0.05) is 38.5 Å². The number of rotatable bonds is 2. The first-order chi connectivity index (χ1) is 6.79. The van der Waals surface area contributed by atoms with E-state index in [1.807, 2.05) is 0 Å². The normalized spacial score (nSPS) is 34.6. The van der Waals surface area contributed by atoms with Gasteiger partial charge in [-0.25, -0.2) is 0 Å². The van der Waals surface area contributed by atoms with Crippen LogP contribution in [0.2, 0.25) is 0 Å². The monoisotopic (exact) mass is 196 g/mol. The molecule has 2 unspecified atom stereocenters. The lowest BCUT2D eigenvalue weighted by atomic mass is 9.69. The van der Waals surface area contributed by atoms with Crippen molar-refractivity contribution in [3.8, 4) is 0 Å². The van der Waals surface area contributed by atoms with E-state index in [0.717, 1.165) is 18.8 Å². The van der Waals surface area contributed by atoms with Gasteiger partial charge in [0, 0.05) is 0 Å². The highest BCUT2D eigenvalue weighted by Crippen LogP contribution is 2.43. The van der Waals surface area contributed by atoms with Crippen LogP contribution in [0.25, 0.3) is 0 Å². The minimum atomic E-state index is -0.538. The summed E-state index contributed by atoms with van der Waals surface area (Å²) >= 11 is 0. The highest BCUT2D eigenvalue weighted by molar-refractivity contribution is 5.70. The lowest BCUT2D eigenvalue weighted by Gasteiger charge is -2.36. The molecule has 2 atom stereocenters. The molecule has 0 spiro atoms. The molecule has 14 heavy (non-hydrogen) atoms. The predicted octanol–water partition coefficient (Wildman–Crippen LogP) is 3.07. The van der Waals surface area contributed by atoms with Crippen LogP contribution in [0.3, 0.4) is 0 Å². The van der Waals surface area contributed by atoms with Crippen molar-refractivity contribution in [2.75, 3.05) is 0 Å². The number of carbonyl (C=O) groups is 1. The van der Waals surface area contributed by atoms with Gasteiger partial charge in [0.15, 0.2) is 0 Å². The van der Waals surface area contributed by atoms with E-state index in [1.165, 1.54) is 38.5 Å². The summed E-state index contributed by atoms with van der Waals surface area (Å²) in [7, 11) is 0. The van der Waals surface area contributed by atoms with Crippen LogP contribution in [-0.2, 0) is 4.79 Å². The molecule has 0 bridgehead atoms. The fourth-order valence-corrected chi connectivity index (χ4v) is 3.08. The first-order valence-corrected chi connectivity index (χ1v) is 6.02. The molecule has 1 N–H and O–H groups in total. The molecule has 80 valence electrons. The summed E-state index contributed by atoms with van der Waals surface area (Å²) in [6.07, 6.45) is 9.62. The highest BCUT2D eigenvalue weighted by atomic mass is 16.4. The summed E-state index contributed by atoms with van der Waals surface area (Å²) in [5.41, 5.74) is 0. The van der Waals surface area contributed by atoms with Crippen molar-refractivity contribution in [2.45, 2.75) is 51.4 Å². The van der Waals surface area contributed by atoms with Crippen LogP contribution in [0.4, 0.5) is 0 Å². The molecule has 0 heterocycles. The van der Waals surface area contributed by atoms with Gasteiger partial charge in [0.1, 0.15) is 0 Å². The molecule has 2 nitrogen and oxygen atoms in total. The zero-order valence-electron chi connectivity index (χ0n) is 8.74. The number of hydrogen-bond acceptors (Lipinski definition) is 1. The average molecular weight is 196 g/mol. The Labute approximate surface area is 85.7 Å². The molecule has 2 fully saturated rings. The zero-order chi connectivity index (χ0) is 9.97. The van der Waals surface area contributed by atoms with Crippen LogP contribution in [-0.4, -0.2) is 11.1 Å². The zero-order valence-corrected chi connectivity index (χ0v) is 8.74. The van der Waals surface area contributed by atoms with Crippen molar-refractivity contribution in [3.05, 3.63) is 0 Å². The summed E-state index contributed by atoms with van der Waals surface area (Å²) in [5, 5.41) is 9.20. The van der Waals surface area contributed by atoms with Gasteiger partial charge in [-0.3, -0.25) is 4.79 Å². The minimum Gasteiger partial charge on any atom is -0.481 e. The smallest absolute Gasteiger partial charge is 0.306 e. The molecule has 0 radical (unpaired) electrons. The van der Waals surface area contributed by atoms with Crippen molar-refractivity contribution in [1.29, 1.82) is 0 Å². The van der Waals surface area contributed by atoms with Crippen molar-refractivity contribution < 1.29 is 9.90 Å². The van der Waals surface area contributed by atoms with E-state index in [9.17, 15) is 9.90 Å². The molecule has 2 saturated carbocycles. The van der Waals surface area contributed by atoms with E-state index in [2.05, 4.69) is 0 Å². The standard InChI is InChI=1S/C12H20O2/c13-12(14)11-8-3-1-2-7-10(11)9-5-4-6-9/h9-11H,1-8H2,(H,13,14). The van der Waals surface area contributed by atoms with Gasteiger partial charge in [-0.05, 0) is 24.7 Å². The van der Waals surface area contributed by atoms with Gasteiger partial charge in [-0.15, -0.1) is 0 Å². The number of aliphatic carboxylic acids is 1. The molecule has 0 amide bonds. The minimum absolute atomic E-state index is 0.0252. The van der Waals surface area contributed by atoms with Gasteiger partial charge in [-0.2, -0.15) is 0 Å². The van der Waals surface area contributed by atoms with Gasteiger partial charge in [0.25, 0.3) is 0 Å². The third-order valence-electron chi connectivity index (χ3n) is 4.14. The summed E-state index contributed by atoms with van der Waals surface area (Å²) < 4.78 is 0. The lowest BCUT2D eigenvalue weighted by molar-refractivity contribution is -0.145. The van der Waals surface area contributed by atoms with E-state index in [-0.39, 0.29) is 5.92 Å². The predicted molar refractivity (Wildman–Crippen MR) is 55.0 cm³/mol. The third-order valence-corrected chi connectivity index (χ3v) is 4.14. The van der Waals surface area contributed by atoms with Crippen molar-refractivity contribution in [3.63, 3.8) is 0 Å². The van der Waals surface area contributed by atoms with E-state index in [1.54, 1.807) is 0 Å². The molecule has 2 heteroatoms. The Hall–Kier alpha value is -0.530.